The maximum atomic E-state index is 5.48. The molecule has 1 heterocycles. The summed E-state index contributed by atoms with van der Waals surface area (Å²) in [7, 11) is 0. The summed E-state index contributed by atoms with van der Waals surface area (Å²) in [6.07, 6.45) is 5.18. The zero-order valence-corrected chi connectivity index (χ0v) is 12.8. The van der Waals surface area contributed by atoms with Crippen LogP contribution in [0.4, 0.5) is 0 Å². The predicted molar refractivity (Wildman–Crippen MR) is 82.8 cm³/mol. The van der Waals surface area contributed by atoms with E-state index >= 15 is 0 Å². The van der Waals surface area contributed by atoms with E-state index in [2.05, 4.69) is 43.4 Å². The molecule has 1 saturated heterocycles. The van der Waals surface area contributed by atoms with Crippen LogP contribution in [0.25, 0.3) is 0 Å². The van der Waals surface area contributed by atoms with Gasteiger partial charge in [-0.05, 0) is 56.9 Å². The SMILES string of the molecule is Cc1ccc(C(NC(C)C2CCOCC2)C2CC2)cc1. The normalized spacial score (nSPS) is 23.5. The number of hydrogen-bond acceptors (Lipinski definition) is 2. The molecule has 2 aliphatic rings. The van der Waals surface area contributed by atoms with Gasteiger partial charge in [0.05, 0.1) is 0 Å². The molecule has 1 N–H and O–H groups in total. The van der Waals surface area contributed by atoms with Crippen molar-refractivity contribution in [2.24, 2.45) is 11.8 Å². The van der Waals surface area contributed by atoms with Crippen molar-refractivity contribution in [3.05, 3.63) is 35.4 Å². The highest BCUT2D eigenvalue weighted by Crippen LogP contribution is 2.41. The number of ether oxygens (including phenoxy) is 1. The first-order chi connectivity index (χ1) is 9.74. The first kappa shape index (κ1) is 14.1. The van der Waals surface area contributed by atoms with Gasteiger partial charge in [-0.15, -0.1) is 0 Å². The number of rotatable bonds is 5. The van der Waals surface area contributed by atoms with E-state index in [0.717, 1.165) is 25.0 Å². The Hall–Kier alpha value is -0.860. The third-order valence-electron chi connectivity index (χ3n) is 4.95. The zero-order valence-electron chi connectivity index (χ0n) is 12.8. The van der Waals surface area contributed by atoms with Crippen LogP contribution in [0, 0.1) is 18.8 Å². The minimum Gasteiger partial charge on any atom is -0.381 e. The lowest BCUT2D eigenvalue weighted by Gasteiger charge is -2.32. The van der Waals surface area contributed by atoms with Gasteiger partial charge >= 0.3 is 0 Å². The molecule has 0 bridgehead atoms. The lowest BCUT2D eigenvalue weighted by molar-refractivity contribution is 0.0539. The smallest absolute Gasteiger partial charge is 0.0469 e. The molecule has 0 aromatic heterocycles. The molecular formula is C18H27NO. The van der Waals surface area contributed by atoms with Crippen molar-refractivity contribution in [2.45, 2.75) is 51.6 Å². The molecule has 1 saturated carbocycles. The lowest BCUT2D eigenvalue weighted by atomic mass is 9.91. The molecule has 3 rings (SSSR count). The molecular weight excluding hydrogens is 246 g/mol. The Bertz CT molecular complexity index is 418. The van der Waals surface area contributed by atoms with Crippen LogP contribution < -0.4 is 5.32 Å². The molecule has 0 radical (unpaired) electrons. The third-order valence-corrected chi connectivity index (χ3v) is 4.95. The van der Waals surface area contributed by atoms with Gasteiger partial charge in [0.2, 0.25) is 0 Å². The van der Waals surface area contributed by atoms with Crippen LogP contribution in [0.2, 0.25) is 0 Å². The van der Waals surface area contributed by atoms with Crippen LogP contribution in [-0.2, 0) is 4.74 Å². The van der Waals surface area contributed by atoms with Gasteiger partial charge < -0.3 is 10.1 Å². The molecule has 0 amide bonds. The van der Waals surface area contributed by atoms with Gasteiger partial charge in [-0.1, -0.05) is 29.8 Å². The summed E-state index contributed by atoms with van der Waals surface area (Å²) in [4.78, 5) is 0. The van der Waals surface area contributed by atoms with E-state index in [-0.39, 0.29) is 0 Å². The summed E-state index contributed by atoms with van der Waals surface area (Å²) in [5.41, 5.74) is 2.82. The number of benzene rings is 1. The Kier molecular flexibility index (Phi) is 4.42. The maximum absolute atomic E-state index is 5.48. The van der Waals surface area contributed by atoms with Crippen molar-refractivity contribution in [1.29, 1.82) is 0 Å². The molecule has 20 heavy (non-hydrogen) atoms. The van der Waals surface area contributed by atoms with Crippen molar-refractivity contribution < 1.29 is 4.74 Å². The van der Waals surface area contributed by atoms with Gasteiger partial charge in [0.25, 0.3) is 0 Å². The first-order valence-corrected chi connectivity index (χ1v) is 8.14. The Morgan fingerprint density at radius 3 is 2.25 bits per heavy atom. The van der Waals surface area contributed by atoms with E-state index in [1.807, 2.05) is 0 Å². The second-order valence-electron chi connectivity index (χ2n) is 6.63. The maximum Gasteiger partial charge on any atom is 0.0469 e. The average molecular weight is 273 g/mol. The molecule has 2 nitrogen and oxygen atoms in total. The summed E-state index contributed by atoms with van der Waals surface area (Å²) in [6.45, 7) is 6.40. The van der Waals surface area contributed by atoms with Crippen LogP contribution >= 0.6 is 0 Å². The topological polar surface area (TPSA) is 21.3 Å². The molecule has 2 fully saturated rings. The summed E-state index contributed by atoms with van der Waals surface area (Å²) in [6, 6.07) is 10.2. The van der Waals surface area contributed by atoms with Crippen LogP contribution in [0.15, 0.2) is 24.3 Å². The monoisotopic (exact) mass is 273 g/mol. The molecule has 110 valence electrons. The second kappa shape index (κ2) is 6.28. The molecule has 1 aliphatic heterocycles. The number of nitrogens with one attached hydrogen (secondary N) is 1. The number of aryl methyl sites for hydroxylation is 1. The predicted octanol–water partition coefficient (Wildman–Crippen LogP) is 3.85. The summed E-state index contributed by atoms with van der Waals surface area (Å²) >= 11 is 0. The highest BCUT2D eigenvalue weighted by Gasteiger charge is 2.34. The van der Waals surface area contributed by atoms with Crippen molar-refractivity contribution in [3.63, 3.8) is 0 Å². The number of hydrogen-bond donors (Lipinski definition) is 1. The van der Waals surface area contributed by atoms with E-state index in [4.69, 9.17) is 4.74 Å². The Morgan fingerprint density at radius 1 is 1.00 bits per heavy atom. The van der Waals surface area contributed by atoms with E-state index in [1.54, 1.807) is 0 Å². The second-order valence-corrected chi connectivity index (χ2v) is 6.63. The molecule has 2 atom stereocenters. The molecule has 0 spiro atoms. The fourth-order valence-corrected chi connectivity index (χ4v) is 3.34. The molecule has 1 aromatic carbocycles. The zero-order chi connectivity index (χ0) is 13.9. The Labute approximate surface area is 122 Å². The van der Waals surface area contributed by atoms with Gasteiger partial charge in [-0.2, -0.15) is 0 Å². The average Bonchev–Trinajstić information content (AvgIpc) is 3.31. The molecule has 2 unspecified atom stereocenters. The first-order valence-electron chi connectivity index (χ1n) is 8.14. The lowest BCUT2D eigenvalue weighted by Crippen LogP contribution is -2.39. The van der Waals surface area contributed by atoms with Crippen molar-refractivity contribution >= 4 is 0 Å². The molecule has 1 aliphatic carbocycles. The van der Waals surface area contributed by atoms with Crippen LogP contribution in [0.5, 0.6) is 0 Å². The minimum absolute atomic E-state index is 0.549. The molecule has 1 aromatic rings. The van der Waals surface area contributed by atoms with Crippen molar-refractivity contribution in [3.8, 4) is 0 Å². The fourth-order valence-electron chi connectivity index (χ4n) is 3.34. The van der Waals surface area contributed by atoms with Crippen LogP contribution in [-0.4, -0.2) is 19.3 Å². The van der Waals surface area contributed by atoms with Crippen molar-refractivity contribution in [1.82, 2.24) is 5.32 Å². The van der Waals surface area contributed by atoms with E-state index in [1.165, 1.54) is 36.8 Å². The van der Waals surface area contributed by atoms with Gasteiger partial charge in [0.1, 0.15) is 0 Å². The summed E-state index contributed by atoms with van der Waals surface area (Å²) in [5, 5.41) is 3.93. The van der Waals surface area contributed by atoms with Gasteiger partial charge in [-0.25, -0.2) is 0 Å². The van der Waals surface area contributed by atoms with Gasteiger partial charge in [-0.3, -0.25) is 0 Å². The van der Waals surface area contributed by atoms with E-state index < -0.39 is 0 Å². The van der Waals surface area contributed by atoms with Gasteiger partial charge in [0, 0.05) is 25.3 Å². The highest BCUT2D eigenvalue weighted by atomic mass is 16.5. The van der Waals surface area contributed by atoms with Crippen molar-refractivity contribution in [2.75, 3.05) is 13.2 Å². The fraction of sp³-hybridized carbons (Fsp3) is 0.667. The quantitative estimate of drug-likeness (QED) is 0.880. The van der Waals surface area contributed by atoms with E-state index in [9.17, 15) is 0 Å². The summed E-state index contributed by atoms with van der Waals surface area (Å²) < 4.78 is 5.48. The van der Waals surface area contributed by atoms with E-state index in [0.29, 0.717) is 12.1 Å². The third kappa shape index (κ3) is 3.42. The van der Waals surface area contributed by atoms with Gasteiger partial charge in [0.15, 0.2) is 0 Å². The Morgan fingerprint density at radius 2 is 1.65 bits per heavy atom. The summed E-state index contributed by atoms with van der Waals surface area (Å²) in [5.74, 6) is 1.62. The largest absolute Gasteiger partial charge is 0.381 e. The standard InChI is InChI=1S/C18H27NO/c1-13-3-5-16(6-4-13)18(17-7-8-17)19-14(2)15-9-11-20-12-10-15/h3-6,14-15,17-19H,7-12H2,1-2H3. The highest BCUT2D eigenvalue weighted by molar-refractivity contribution is 5.25. The van der Waals surface area contributed by atoms with Crippen LogP contribution in [0.3, 0.4) is 0 Å². The Balaban J connectivity index is 1.66. The molecule has 2 heteroatoms. The van der Waals surface area contributed by atoms with Crippen LogP contribution in [0.1, 0.15) is 49.8 Å². The minimum atomic E-state index is 0.549.